The van der Waals surface area contributed by atoms with Crippen LogP contribution < -0.4 is 20.8 Å². The summed E-state index contributed by atoms with van der Waals surface area (Å²) in [4.78, 5) is 36.7. The Morgan fingerprint density at radius 3 is 2.11 bits per heavy atom. The van der Waals surface area contributed by atoms with Crippen molar-refractivity contribution in [2.45, 2.75) is 79.4 Å². The first-order valence-corrected chi connectivity index (χ1v) is 14.5. The summed E-state index contributed by atoms with van der Waals surface area (Å²) in [5, 5.41) is 22.7. The Morgan fingerprint density at radius 1 is 1.09 bits per heavy atom. The van der Waals surface area contributed by atoms with Crippen molar-refractivity contribution >= 4 is 23.1 Å². The van der Waals surface area contributed by atoms with Crippen LogP contribution in [0.15, 0.2) is 16.9 Å². The molecule has 1 saturated heterocycles. The SMILES string of the molecule is CCCC.COc1c(N2CCOCC2)cc(C(=O)Cn2nc3c(C)c(C)c(=O)[nH]n3c2=N)cc1C(C)(C)C.O=C(O)C(F)(F)F. The lowest BCUT2D eigenvalue weighted by Crippen LogP contribution is -2.37. The van der Waals surface area contributed by atoms with Crippen LogP contribution in [0.5, 0.6) is 5.75 Å². The van der Waals surface area contributed by atoms with Crippen LogP contribution in [0.1, 0.15) is 74.5 Å². The van der Waals surface area contributed by atoms with Gasteiger partial charge < -0.3 is 19.5 Å². The van der Waals surface area contributed by atoms with Gasteiger partial charge in [-0.05, 0) is 31.4 Å². The Hall–Kier alpha value is -4.14. The van der Waals surface area contributed by atoms with Crippen LogP contribution in [0, 0.1) is 19.3 Å². The number of aliphatic carboxylic acids is 1. The summed E-state index contributed by atoms with van der Waals surface area (Å²) in [7, 11) is 1.65. The van der Waals surface area contributed by atoms with Crippen LogP contribution in [0.25, 0.3) is 5.65 Å². The third kappa shape index (κ3) is 9.19. The highest BCUT2D eigenvalue weighted by Gasteiger charge is 2.38. The summed E-state index contributed by atoms with van der Waals surface area (Å²) < 4.78 is 45.7. The van der Waals surface area contributed by atoms with E-state index in [9.17, 15) is 22.8 Å². The number of anilines is 1. The molecule has 1 aliphatic heterocycles. The van der Waals surface area contributed by atoms with Gasteiger partial charge in [-0.25, -0.2) is 9.48 Å². The average Bonchev–Trinajstić information content (AvgIpc) is 3.29. The van der Waals surface area contributed by atoms with E-state index >= 15 is 0 Å². The van der Waals surface area contributed by atoms with Crippen LogP contribution in [0.2, 0.25) is 0 Å². The molecule has 1 aromatic carbocycles. The molecule has 250 valence electrons. The minimum absolute atomic E-state index is 0.0680. The van der Waals surface area contributed by atoms with Gasteiger partial charge in [0.25, 0.3) is 5.56 Å². The zero-order valence-electron chi connectivity index (χ0n) is 27.0. The monoisotopic (exact) mass is 640 g/mol. The number of ketones is 1. The van der Waals surface area contributed by atoms with Crippen molar-refractivity contribution in [3.05, 3.63) is 50.4 Å². The van der Waals surface area contributed by atoms with Gasteiger partial charge in [0.05, 0.1) is 26.0 Å². The summed E-state index contributed by atoms with van der Waals surface area (Å²) >= 11 is 0. The zero-order chi connectivity index (χ0) is 34.3. The Kier molecular flexibility index (Phi) is 12.5. The number of carboxylic acid groups (broad SMARTS) is 1. The van der Waals surface area contributed by atoms with Crippen molar-refractivity contribution in [3.63, 3.8) is 0 Å². The molecule has 12 nitrogen and oxygen atoms in total. The number of ether oxygens (including phenoxy) is 2. The topological polar surface area (TPSA) is 155 Å². The molecule has 0 spiro atoms. The third-order valence-corrected chi connectivity index (χ3v) is 7.13. The number of Topliss-reactive ketones (excluding diaryl/α,β-unsaturated/α-hetero) is 1. The molecule has 2 aromatic heterocycles. The van der Waals surface area contributed by atoms with Crippen LogP contribution in [-0.2, 0) is 21.5 Å². The number of alkyl halides is 3. The van der Waals surface area contributed by atoms with Gasteiger partial charge in [0.2, 0.25) is 5.62 Å². The van der Waals surface area contributed by atoms with Gasteiger partial charge in [0.1, 0.15) is 12.3 Å². The largest absolute Gasteiger partial charge is 0.494 e. The van der Waals surface area contributed by atoms with Gasteiger partial charge in [0.15, 0.2) is 11.4 Å². The van der Waals surface area contributed by atoms with E-state index in [1.807, 2.05) is 12.1 Å². The molecule has 1 fully saturated rings. The van der Waals surface area contributed by atoms with Crippen molar-refractivity contribution in [1.29, 1.82) is 5.41 Å². The molecule has 45 heavy (non-hydrogen) atoms. The number of nitrogens with one attached hydrogen (secondary N) is 2. The molecule has 1 aliphatic rings. The Labute approximate surface area is 259 Å². The van der Waals surface area contributed by atoms with Crippen LogP contribution in [-0.4, -0.2) is 75.8 Å². The van der Waals surface area contributed by atoms with Crippen LogP contribution in [0.4, 0.5) is 18.9 Å². The second-order valence-electron chi connectivity index (χ2n) is 11.5. The lowest BCUT2D eigenvalue weighted by Gasteiger charge is -2.33. The number of aryl methyl sites for hydroxylation is 1. The van der Waals surface area contributed by atoms with Crippen molar-refractivity contribution in [3.8, 4) is 5.75 Å². The summed E-state index contributed by atoms with van der Waals surface area (Å²) in [6.07, 6.45) is -2.44. The minimum Gasteiger partial charge on any atom is -0.494 e. The van der Waals surface area contributed by atoms with Gasteiger partial charge in [-0.2, -0.15) is 17.7 Å². The standard InChI is InChI=1S/C24H32N6O4.C4H10.C2HF3O2/c1-14-15(2)22(32)27-30-21(14)26-29(23(30)25)13-19(31)16-11-17(24(3,4)5)20(33-6)18(12-16)28-7-9-34-10-8-28;1-3-4-2;3-2(4,5)1(6)7/h11-12,25H,7-10,13H2,1-6H3,(H,27,32);3-4H2,1-2H3;(H,6,7). The predicted molar refractivity (Wildman–Crippen MR) is 162 cm³/mol. The number of carboxylic acids is 1. The summed E-state index contributed by atoms with van der Waals surface area (Å²) in [5.41, 5.74) is 3.39. The van der Waals surface area contributed by atoms with Gasteiger partial charge >= 0.3 is 12.1 Å². The molecule has 15 heteroatoms. The zero-order valence-corrected chi connectivity index (χ0v) is 27.0. The van der Waals surface area contributed by atoms with E-state index in [1.54, 1.807) is 21.0 Å². The Morgan fingerprint density at radius 2 is 1.64 bits per heavy atom. The number of aromatic amines is 1. The number of rotatable bonds is 6. The number of methoxy groups -OCH3 is 1. The molecular weight excluding hydrogens is 597 g/mol. The number of halogens is 3. The number of H-pyrrole nitrogens is 1. The molecule has 3 aromatic rings. The first-order chi connectivity index (χ1) is 20.9. The van der Waals surface area contributed by atoms with Crippen molar-refractivity contribution in [1.82, 2.24) is 19.4 Å². The molecular formula is C30H43F3N6O6. The maximum Gasteiger partial charge on any atom is 0.490 e. The molecule has 0 bridgehead atoms. The number of hydrogen-bond donors (Lipinski definition) is 3. The fourth-order valence-electron chi connectivity index (χ4n) is 4.22. The summed E-state index contributed by atoms with van der Waals surface area (Å²) in [6.45, 7) is 16.6. The number of carbonyl (C=O) groups excluding carboxylic acids is 1. The predicted octanol–water partition coefficient (Wildman–Crippen LogP) is 4.39. The molecule has 0 amide bonds. The highest BCUT2D eigenvalue weighted by Crippen LogP contribution is 2.40. The molecule has 0 radical (unpaired) electrons. The molecule has 0 aliphatic carbocycles. The molecule has 3 heterocycles. The number of carbonyl (C=O) groups is 2. The normalized spacial score (nSPS) is 13.4. The van der Waals surface area contributed by atoms with Gasteiger partial charge in [0, 0.05) is 35.3 Å². The fourth-order valence-corrected chi connectivity index (χ4v) is 4.22. The Balaban J connectivity index is 0.000000551. The van der Waals surface area contributed by atoms with Crippen molar-refractivity contribution < 1.29 is 37.3 Å². The number of nitrogens with zero attached hydrogens (tertiary/aromatic N) is 4. The smallest absolute Gasteiger partial charge is 0.490 e. The molecule has 4 rings (SSSR count). The molecule has 3 N–H and O–H groups in total. The lowest BCUT2D eigenvalue weighted by atomic mass is 9.84. The van der Waals surface area contributed by atoms with E-state index in [0.717, 1.165) is 17.0 Å². The summed E-state index contributed by atoms with van der Waals surface area (Å²) in [6, 6.07) is 3.74. The molecule has 0 unspecified atom stereocenters. The number of morpholine rings is 1. The van der Waals surface area contributed by atoms with E-state index in [4.69, 9.17) is 24.8 Å². The number of fused-ring (bicyclic) bond motifs is 1. The van der Waals surface area contributed by atoms with Crippen molar-refractivity contribution in [2.24, 2.45) is 0 Å². The van der Waals surface area contributed by atoms with Crippen LogP contribution >= 0.6 is 0 Å². The molecule has 0 saturated carbocycles. The second-order valence-corrected chi connectivity index (χ2v) is 11.5. The molecule has 0 atom stereocenters. The number of hydrogen-bond acceptors (Lipinski definition) is 8. The van der Waals surface area contributed by atoms with Crippen LogP contribution in [0.3, 0.4) is 0 Å². The van der Waals surface area contributed by atoms with E-state index < -0.39 is 12.1 Å². The lowest BCUT2D eigenvalue weighted by molar-refractivity contribution is -0.192. The van der Waals surface area contributed by atoms with E-state index in [2.05, 4.69) is 49.7 Å². The first-order valence-electron chi connectivity index (χ1n) is 14.5. The van der Waals surface area contributed by atoms with E-state index in [1.165, 1.54) is 22.0 Å². The highest BCUT2D eigenvalue weighted by molar-refractivity contribution is 5.97. The van der Waals surface area contributed by atoms with Crippen molar-refractivity contribution in [2.75, 3.05) is 38.3 Å². The van der Waals surface area contributed by atoms with Gasteiger partial charge in [-0.15, -0.1) is 5.10 Å². The second kappa shape index (κ2) is 15.2. The maximum absolute atomic E-state index is 13.5. The third-order valence-electron chi connectivity index (χ3n) is 7.13. The first kappa shape index (κ1) is 37.0. The van der Waals surface area contributed by atoms with E-state index in [0.29, 0.717) is 48.6 Å². The number of aromatic nitrogens is 4. The van der Waals surface area contributed by atoms with E-state index in [-0.39, 0.29) is 28.9 Å². The average molecular weight is 641 g/mol. The van der Waals surface area contributed by atoms with Gasteiger partial charge in [-0.3, -0.25) is 20.1 Å². The Bertz CT molecular complexity index is 1610. The fraction of sp³-hybridized carbons (Fsp3) is 0.567. The minimum atomic E-state index is -5.08. The highest BCUT2D eigenvalue weighted by atomic mass is 19.4. The number of unbranched alkanes of at least 4 members (excludes halogenated alkanes) is 1. The maximum atomic E-state index is 13.5. The summed E-state index contributed by atoms with van der Waals surface area (Å²) in [5.74, 6) is -2.18. The van der Waals surface area contributed by atoms with Gasteiger partial charge in [-0.1, -0.05) is 47.5 Å². The quantitative estimate of drug-likeness (QED) is 0.335. The number of benzene rings is 1.